The molecule has 2 aromatic carbocycles. The number of carbonyl (C=O) groups excluding carboxylic acids is 1. The van der Waals surface area contributed by atoms with Gasteiger partial charge in [0.05, 0.1) is 16.1 Å². The van der Waals surface area contributed by atoms with Gasteiger partial charge in [0.25, 0.3) is 5.91 Å². The lowest BCUT2D eigenvalue weighted by Gasteiger charge is -2.44. The molecule has 188 valence electrons. The van der Waals surface area contributed by atoms with Crippen LogP contribution in [0.5, 0.6) is 0 Å². The van der Waals surface area contributed by atoms with Crippen LogP contribution in [0.2, 0.25) is 10.0 Å². The molecule has 2 heterocycles. The summed E-state index contributed by atoms with van der Waals surface area (Å²) in [5.41, 5.74) is 13.1. The fourth-order valence-corrected chi connectivity index (χ4v) is 5.77. The summed E-state index contributed by atoms with van der Waals surface area (Å²) in [6, 6.07) is 13.8. The monoisotopic (exact) mass is 517 g/mol. The molecule has 1 amide bonds. The summed E-state index contributed by atoms with van der Waals surface area (Å²) in [5.74, 6) is 0.447. The lowest BCUT2D eigenvalue weighted by atomic mass is 9.86. The van der Waals surface area contributed by atoms with Crippen LogP contribution in [-0.4, -0.2) is 61.1 Å². The first kappa shape index (κ1) is 26.0. The minimum Gasteiger partial charge on any atom is -0.398 e. The molecule has 8 heteroatoms. The number of rotatable bonds is 6. The number of nitrogens with two attached hydrogens (primary N) is 1. The summed E-state index contributed by atoms with van der Waals surface area (Å²) in [7, 11) is 1.80. The normalized spacial score (nSPS) is 22.4. The molecule has 0 saturated carbocycles. The van der Waals surface area contributed by atoms with Crippen LogP contribution < -0.4 is 11.5 Å². The second-order valence-electron chi connectivity index (χ2n) is 9.50. The molecule has 2 aliphatic rings. The Kier molecular flexibility index (Phi) is 8.73. The van der Waals surface area contributed by atoms with E-state index in [2.05, 4.69) is 16.7 Å². The van der Waals surface area contributed by atoms with Gasteiger partial charge in [-0.15, -0.1) is 0 Å². The number of hydrogen-bond acceptors (Lipinski definition) is 4. The van der Waals surface area contributed by atoms with E-state index in [0.717, 1.165) is 57.4 Å². The highest BCUT2D eigenvalue weighted by Crippen LogP contribution is 2.31. The van der Waals surface area contributed by atoms with Crippen molar-refractivity contribution >= 4 is 40.4 Å². The van der Waals surface area contributed by atoms with Crippen LogP contribution in [0.15, 0.2) is 48.7 Å². The first-order valence-electron chi connectivity index (χ1n) is 12.3. The van der Waals surface area contributed by atoms with Gasteiger partial charge in [-0.2, -0.15) is 0 Å². The number of amides is 1. The minimum atomic E-state index is 0.00597. The molecular weight excluding hydrogens is 483 g/mol. The first-order chi connectivity index (χ1) is 16.9. The zero-order valence-electron chi connectivity index (χ0n) is 20.3. The molecule has 2 aromatic rings. The van der Waals surface area contributed by atoms with Crippen LogP contribution in [0.4, 0.5) is 5.69 Å². The van der Waals surface area contributed by atoms with Crippen LogP contribution in [0.3, 0.4) is 0 Å². The highest BCUT2D eigenvalue weighted by molar-refractivity contribution is 6.42. The molecule has 0 radical (unpaired) electrons. The van der Waals surface area contributed by atoms with E-state index in [-0.39, 0.29) is 12.0 Å². The summed E-state index contributed by atoms with van der Waals surface area (Å²) in [6.45, 7) is 3.41. The molecule has 4 rings (SSSR count). The fourth-order valence-electron chi connectivity index (χ4n) is 5.45. The van der Waals surface area contributed by atoms with E-state index in [1.165, 1.54) is 5.56 Å². The molecule has 1 unspecified atom stereocenters. The van der Waals surface area contributed by atoms with Gasteiger partial charge < -0.3 is 21.1 Å². The van der Waals surface area contributed by atoms with E-state index in [0.29, 0.717) is 33.3 Å². The van der Waals surface area contributed by atoms with Crippen molar-refractivity contribution in [2.45, 2.75) is 37.8 Å². The first-order valence-corrected chi connectivity index (χ1v) is 13.0. The Morgan fingerprint density at radius 1 is 1.11 bits per heavy atom. The lowest BCUT2D eigenvalue weighted by Crippen LogP contribution is -2.53. The number of nitrogens with zero attached hydrogens (tertiary/aromatic N) is 2. The smallest absolute Gasteiger partial charge is 0.259 e. The molecule has 0 aliphatic carbocycles. The predicted molar refractivity (Wildman–Crippen MR) is 142 cm³/mol. The van der Waals surface area contributed by atoms with Crippen LogP contribution in [0, 0.1) is 5.92 Å². The van der Waals surface area contributed by atoms with E-state index in [4.69, 9.17) is 33.7 Å². The van der Waals surface area contributed by atoms with Gasteiger partial charge in [-0.05, 0) is 61.9 Å². The van der Waals surface area contributed by atoms with Gasteiger partial charge in [0.15, 0.2) is 0 Å². The van der Waals surface area contributed by atoms with Crippen molar-refractivity contribution in [2.75, 3.05) is 39.0 Å². The summed E-state index contributed by atoms with van der Waals surface area (Å²) in [5, 5.41) is 1.19. The predicted octanol–water partition coefficient (Wildman–Crippen LogP) is 3.73. The molecule has 0 spiro atoms. The third-order valence-electron chi connectivity index (χ3n) is 7.47. The van der Waals surface area contributed by atoms with Crippen molar-refractivity contribution in [3.8, 4) is 0 Å². The fraction of sp³-hybridized carbons (Fsp3) is 0.444. The number of para-hydroxylation sites is 1. The van der Waals surface area contributed by atoms with E-state index in [1.54, 1.807) is 13.3 Å². The van der Waals surface area contributed by atoms with Crippen molar-refractivity contribution in [3.05, 3.63) is 69.8 Å². The maximum Gasteiger partial charge on any atom is 0.259 e. The van der Waals surface area contributed by atoms with Gasteiger partial charge in [0.2, 0.25) is 0 Å². The van der Waals surface area contributed by atoms with E-state index in [9.17, 15) is 4.79 Å². The summed E-state index contributed by atoms with van der Waals surface area (Å²) >= 11 is 12.3. The average Bonchev–Trinajstić information content (AvgIpc) is 2.88. The topological polar surface area (TPSA) is 86.4 Å². The van der Waals surface area contributed by atoms with Crippen molar-refractivity contribution < 1.29 is 15.3 Å². The second-order valence-corrected chi connectivity index (χ2v) is 10.3. The van der Waals surface area contributed by atoms with Gasteiger partial charge in [-0.1, -0.05) is 47.5 Å². The van der Waals surface area contributed by atoms with Gasteiger partial charge >= 0.3 is 0 Å². The van der Waals surface area contributed by atoms with Crippen molar-refractivity contribution in [1.82, 2.24) is 9.80 Å². The Labute approximate surface area is 217 Å². The van der Waals surface area contributed by atoms with E-state index < -0.39 is 0 Å². The Bertz CT molecular complexity index is 1070. The Balaban J connectivity index is 1.33. The van der Waals surface area contributed by atoms with Crippen molar-refractivity contribution in [2.24, 2.45) is 5.92 Å². The molecule has 2 fully saturated rings. The number of likely N-dealkylation sites (tertiary alicyclic amines) is 2. The second kappa shape index (κ2) is 11.8. The number of piperidine rings is 2. The summed E-state index contributed by atoms with van der Waals surface area (Å²) in [4.78, 5) is 17.7. The highest BCUT2D eigenvalue weighted by atomic mass is 35.5. The molecule has 2 atom stereocenters. The maximum atomic E-state index is 13.2. The number of ether oxygens (including phenoxy) is 1. The van der Waals surface area contributed by atoms with Gasteiger partial charge in [0, 0.05) is 44.0 Å². The molecule has 35 heavy (non-hydrogen) atoms. The number of carbonyl (C=O) groups is 1. The van der Waals surface area contributed by atoms with E-state index in [1.807, 2.05) is 41.3 Å². The van der Waals surface area contributed by atoms with Crippen LogP contribution >= 0.6 is 23.2 Å². The third-order valence-corrected chi connectivity index (χ3v) is 8.20. The SMILES string of the molecule is CO[C@@H]1CN(C2CCN(C(=O)/C(=C/[NH3+])c3ccccc3N)CC2)CCC1Cc1ccc(Cl)c(Cl)c1. The Morgan fingerprint density at radius 3 is 2.51 bits per heavy atom. The van der Waals surface area contributed by atoms with Crippen LogP contribution in [0.25, 0.3) is 5.57 Å². The maximum absolute atomic E-state index is 13.2. The molecule has 0 aromatic heterocycles. The van der Waals surface area contributed by atoms with Crippen molar-refractivity contribution in [1.29, 1.82) is 0 Å². The zero-order valence-corrected chi connectivity index (χ0v) is 21.8. The number of quaternary nitrogens is 1. The molecule has 2 aliphatic heterocycles. The van der Waals surface area contributed by atoms with Gasteiger partial charge in [0.1, 0.15) is 11.8 Å². The standard InChI is InChI=1S/C27H34Cl2N4O2/c1-35-26-17-33(11-8-19(26)14-18-6-7-23(28)24(29)15-18)20-9-12-32(13-10-20)27(34)22(16-30)21-4-2-3-5-25(21)31/h2-7,15-16,19-20,26H,8-14,17,30-31H2,1H3/p+1/b22-16+/t19?,26-/m1/s1. The minimum absolute atomic E-state index is 0.00597. The number of anilines is 1. The average molecular weight is 519 g/mol. The van der Waals surface area contributed by atoms with Gasteiger partial charge in [-0.3, -0.25) is 9.69 Å². The zero-order chi connectivity index (χ0) is 24.9. The number of nitrogen functional groups attached to an aromatic ring is 1. The molecule has 0 bridgehead atoms. The van der Waals surface area contributed by atoms with Gasteiger partial charge in [-0.25, -0.2) is 0 Å². The molecule has 5 N–H and O–H groups in total. The largest absolute Gasteiger partial charge is 0.398 e. The van der Waals surface area contributed by atoms with E-state index >= 15 is 0 Å². The quantitative estimate of drug-likeness (QED) is 0.451. The Morgan fingerprint density at radius 2 is 1.86 bits per heavy atom. The number of benzene rings is 2. The van der Waals surface area contributed by atoms with Crippen LogP contribution in [-0.2, 0) is 16.0 Å². The number of hydrogen-bond donors (Lipinski definition) is 2. The number of halogens is 2. The molecular formula is C27H35Cl2N4O2+. The lowest BCUT2D eigenvalue weighted by molar-refractivity contribution is -0.273. The molecule has 6 nitrogen and oxygen atoms in total. The third kappa shape index (κ3) is 6.01. The summed E-state index contributed by atoms with van der Waals surface area (Å²) < 4.78 is 5.93. The highest BCUT2D eigenvalue weighted by Gasteiger charge is 2.35. The number of methoxy groups -OCH3 is 1. The van der Waals surface area contributed by atoms with Crippen molar-refractivity contribution in [3.63, 3.8) is 0 Å². The molecule has 2 saturated heterocycles. The summed E-state index contributed by atoms with van der Waals surface area (Å²) in [6.07, 6.45) is 5.70. The Hall–Kier alpha value is -2.09. The van der Waals surface area contributed by atoms with Crippen LogP contribution in [0.1, 0.15) is 30.4 Å².